The molecule has 1 aliphatic rings. The van der Waals surface area contributed by atoms with Crippen molar-refractivity contribution < 1.29 is 8.78 Å². The molecule has 23 heavy (non-hydrogen) atoms. The molecule has 124 valence electrons. The highest BCUT2D eigenvalue weighted by Crippen LogP contribution is 2.22. The molecular weight excluding hydrogens is 298 g/mol. The van der Waals surface area contributed by atoms with E-state index < -0.39 is 11.6 Å². The maximum Gasteiger partial charge on any atom is 0.159 e. The Labute approximate surface area is 135 Å². The van der Waals surface area contributed by atoms with Crippen LogP contribution in [0.25, 0.3) is 0 Å². The monoisotopic (exact) mass is 320 g/mol. The summed E-state index contributed by atoms with van der Waals surface area (Å²) in [6.45, 7) is 6.70. The number of hydrogen-bond acceptors (Lipinski definition) is 3. The molecule has 1 saturated heterocycles. The Balaban J connectivity index is 1.60. The molecule has 1 fully saturated rings. The Morgan fingerprint density at radius 2 is 2.04 bits per heavy atom. The van der Waals surface area contributed by atoms with Crippen LogP contribution in [0.5, 0.6) is 0 Å². The molecule has 1 aromatic carbocycles. The lowest BCUT2D eigenvalue weighted by Crippen LogP contribution is -2.38. The van der Waals surface area contributed by atoms with E-state index >= 15 is 0 Å². The first kappa shape index (κ1) is 16.1. The Morgan fingerprint density at radius 3 is 2.74 bits per heavy atom. The Kier molecular flexibility index (Phi) is 4.71. The number of nitrogens with zero attached hydrogens (tertiary/aromatic N) is 4. The summed E-state index contributed by atoms with van der Waals surface area (Å²) in [5.74, 6) is 0.202. The number of halogens is 2. The summed E-state index contributed by atoms with van der Waals surface area (Å²) in [5.41, 5.74) is 0.832. The Hall–Kier alpha value is -1.82. The second kappa shape index (κ2) is 6.74. The highest BCUT2D eigenvalue weighted by atomic mass is 19.2. The molecular formula is C17H22F2N4. The molecule has 2 aromatic rings. The van der Waals surface area contributed by atoms with Gasteiger partial charge in [-0.25, -0.2) is 18.4 Å². The van der Waals surface area contributed by atoms with Crippen molar-refractivity contribution in [2.75, 3.05) is 19.6 Å². The Bertz CT molecular complexity index is 683. The molecule has 1 aliphatic heterocycles. The van der Waals surface area contributed by atoms with Crippen molar-refractivity contribution in [2.45, 2.75) is 39.2 Å². The number of likely N-dealkylation sites (tertiary alicyclic amines) is 1. The van der Waals surface area contributed by atoms with Crippen LogP contribution in [-0.4, -0.2) is 39.3 Å². The number of hydrogen-bond donors (Lipinski definition) is 0. The van der Waals surface area contributed by atoms with Gasteiger partial charge in [0.15, 0.2) is 11.6 Å². The third-order valence-corrected chi connectivity index (χ3v) is 4.43. The van der Waals surface area contributed by atoms with Crippen LogP contribution in [0.2, 0.25) is 0 Å². The molecule has 0 saturated carbocycles. The van der Waals surface area contributed by atoms with Crippen LogP contribution in [0, 0.1) is 25.5 Å². The minimum Gasteiger partial charge on any atom is -0.301 e. The van der Waals surface area contributed by atoms with E-state index in [2.05, 4.69) is 15.0 Å². The van der Waals surface area contributed by atoms with E-state index in [-0.39, 0.29) is 0 Å². The first-order chi connectivity index (χ1) is 11.0. The molecule has 0 amide bonds. The smallest absolute Gasteiger partial charge is 0.159 e. The van der Waals surface area contributed by atoms with Gasteiger partial charge >= 0.3 is 0 Å². The van der Waals surface area contributed by atoms with Crippen molar-refractivity contribution in [3.63, 3.8) is 0 Å². The van der Waals surface area contributed by atoms with E-state index in [0.29, 0.717) is 6.04 Å². The van der Waals surface area contributed by atoms with Gasteiger partial charge in [-0.2, -0.15) is 5.10 Å². The summed E-state index contributed by atoms with van der Waals surface area (Å²) in [6.07, 6.45) is 2.94. The van der Waals surface area contributed by atoms with Crippen LogP contribution in [0.15, 0.2) is 18.2 Å². The number of aromatic nitrogens is 3. The second-order valence-corrected chi connectivity index (χ2v) is 6.25. The van der Waals surface area contributed by atoms with Gasteiger partial charge in [-0.15, -0.1) is 0 Å². The zero-order chi connectivity index (χ0) is 16.4. The van der Waals surface area contributed by atoms with E-state index in [1.807, 2.05) is 18.5 Å². The van der Waals surface area contributed by atoms with Crippen molar-refractivity contribution in [2.24, 2.45) is 0 Å². The van der Waals surface area contributed by atoms with Gasteiger partial charge in [0.05, 0.1) is 6.04 Å². The standard InChI is InChI=1S/C17H22F2N4/c1-12-20-13(2)23(21-12)15-4-3-8-22(11-15)9-7-14-5-6-16(18)17(19)10-14/h5-6,10,15H,3-4,7-9,11H2,1-2H3. The number of piperidine rings is 1. The third-order valence-electron chi connectivity index (χ3n) is 4.43. The molecule has 6 heteroatoms. The summed E-state index contributed by atoms with van der Waals surface area (Å²) in [4.78, 5) is 6.75. The van der Waals surface area contributed by atoms with Gasteiger partial charge in [0.2, 0.25) is 0 Å². The van der Waals surface area contributed by atoms with Crippen LogP contribution in [0.4, 0.5) is 8.78 Å². The van der Waals surface area contributed by atoms with Gasteiger partial charge in [0.25, 0.3) is 0 Å². The zero-order valence-electron chi connectivity index (χ0n) is 13.6. The average Bonchev–Trinajstić information content (AvgIpc) is 2.87. The van der Waals surface area contributed by atoms with Crippen molar-refractivity contribution in [1.29, 1.82) is 0 Å². The first-order valence-electron chi connectivity index (χ1n) is 8.09. The summed E-state index contributed by atoms with van der Waals surface area (Å²) in [7, 11) is 0. The molecule has 0 N–H and O–H groups in total. The topological polar surface area (TPSA) is 34.0 Å². The summed E-state index contributed by atoms with van der Waals surface area (Å²) < 4.78 is 28.3. The van der Waals surface area contributed by atoms with Gasteiger partial charge in [-0.1, -0.05) is 6.07 Å². The quantitative estimate of drug-likeness (QED) is 0.868. The van der Waals surface area contributed by atoms with Crippen molar-refractivity contribution in [3.05, 3.63) is 47.0 Å². The molecule has 4 nitrogen and oxygen atoms in total. The lowest BCUT2D eigenvalue weighted by Gasteiger charge is -2.33. The number of aryl methyl sites for hydroxylation is 2. The van der Waals surface area contributed by atoms with E-state index in [0.717, 1.165) is 56.1 Å². The number of benzene rings is 1. The van der Waals surface area contributed by atoms with Crippen LogP contribution in [0.3, 0.4) is 0 Å². The maximum atomic E-state index is 13.3. The van der Waals surface area contributed by atoms with Crippen LogP contribution in [0.1, 0.15) is 36.1 Å². The molecule has 1 atom stereocenters. The molecule has 1 unspecified atom stereocenters. The van der Waals surface area contributed by atoms with E-state index in [1.165, 1.54) is 12.1 Å². The van der Waals surface area contributed by atoms with Gasteiger partial charge in [0, 0.05) is 13.1 Å². The highest BCUT2D eigenvalue weighted by molar-refractivity contribution is 5.18. The van der Waals surface area contributed by atoms with Crippen molar-refractivity contribution in [3.8, 4) is 0 Å². The lowest BCUT2D eigenvalue weighted by atomic mass is 10.0. The van der Waals surface area contributed by atoms with Crippen LogP contribution in [-0.2, 0) is 6.42 Å². The fraction of sp³-hybridized carbons (Fsp3) is 0.529. The van der Waals surface area contributed by atoms with Crippen LogP contribution >= 0.6 is 0 Å². The van der Waals surface area contributed by atoms with Gasteiger partial charge in [0.1, 0.15) is 11.6 Å². The molecule has 0 radical (unpaired) electrons. The Morgan fingerprint density at radius 1 is 1.22 bits per heavy atom. The van der Waals surface area contributed by atoms with Gasteiger partial charge in [-0.3, -0.25) is 0 Å². The largest absolute Gasteiger partial charge is 0.301 e. The van der Waals surface area contributed by atoms with E-state index in [9.17, 15) is 8.78 Å². The fourth-order valence-corrected chi connectivity index (χ4v) is 3.30. The fourth-order valence-electron chi connectivity index (χ4n) is 3.30. The SMILES string of the molecule is Cc1nc(C)n(C2CCCN(CCc3ccc(F)c(F)c3)C2)n1. The minimum atomic E-state index is -0.788. The van der Waals surface area contributed by atoms with Gasteiger partial charge < -0.3 is 4.90 Å². The second-order valence-electron chi connectivity index (χ2n) is 6.25. The zero-order valence-corrected chi connectivity index (χ0v) is 13.6. The lowest BCUT2D eigenvalue weighted by molar-refractivity contribution is 0.169. The van der Waals surface area contributed by atoms with E-state index in [4.69, 9.17) is 0 Å². The number of rotatable bonds is 4. The average molecular weight is 320 g/mol. The highest BCUT2D eigenvalue weighted by Gasteiger charge is 2.23. The molecule has 0 bridgehead atoms. The van der Waals surface area contributed by atoms with Crippen molar-refractivity contribution >= 4 is 0 Å². The third kappa shape index (κ3) is 3.75. The summed E-state index contributed by atoms with van der Waals surface area (Å²) >= 11 is 0. The van der Waals surface area contributed by atoms with Crippen LogP contribution < -0.4 is 0 Å². The minimum absolute atomic E-state index is 0.343. The predicted molar refractivity (Wildman–Crippen MR) is 84.3 cm³/mol. The van der Waals surface area contributed by atoms with Crippen molar-refractivity contribution in [1.82, 2.24) is 19.7 Å². The predicted octanol–water partition coefficient (Wildman–Crippen LogP) is 3.05. The molecule has 0 spiro atoms. The summed E-state index contributed by atoms with van der Waals surface area (Å²) in [6, 6.07) is 4.49. The van der Waals surface area contributed by atoms with E-state index in [1.54, 1.807) is 6.07 Å². The molecule has 2 heterocycles. The first-order valence-corrected chi connectivity index (χ1v) is 8.09. The molecule has 3 rings (SSSR count). The molecule has 1 aromatic heterocycles. The summed E-state index contributed by atoms with van der Waals surface area (Å²) in [5, 5.41) is 4.50. The van der Waals surface area contributed by atoms with Gasteiger partial charge in [-0.05, 0) is 57.4 Å². The molecule has 0 aliphatic carbocycles. The maximum absolute atomic E-state index is 13.3. The normalized spacial score (nSPS) is 19.2.